The van der Waals surface area contributed by atoms with Crippen molar-refractivity contribution in [3.63, 3.8) is 0 Å². The molecule has 4 rings (SSSR count). The summed E-state index contributed by atoms with van der Waals surface area (Å²) in [5.41, 5.74) is 7.17. The minimum atomic E-state index is -0.154. The fourth-order valence-corrected chi connectivity index (χ4v) is 2.90. The zero-order chi connectivity index (χ0) is 18.6. The third-order valence-electron chi connectivity index (χ3n) is 4.34. The van der Waals surface area contributed by atoms with Crippen LogP contribution < -0.4 is 5.43 Å². The standard InChI is InChI=1S/C20H18N6O/c1-14(15-6-8-17(9-7-15)26-13-21-12-23-26)24-25-20(27)10-16-11-22-19-5-3-2-4-18(16)19/h2-9,11-13,22H,10H2,1H3,(H,25,27). The highest BCUT2D eigenvalue weighted by atomic mass is 16.2. The zero-order valence-electron chi connectivity index (χ0n) is 14.8. The number of nitrogens with zero attached hydrogens (tertiary/aromatic N) is 4. The summed E-state index contributed by atoms with van der Waals surface area (Å²) >= 11 is 0. The Hall–Kier alpha value is -3.74. The predicted molar refractivity (Wildman–Crippen MR) is 104 cm³/mol. The van der Waals surface area contributed by atoms with Gasteiger partial charge >= 0.3 is 0 Å². The SMILES string of the molecule is CC(=NNC(=O)Cc1c[nH]c2ccccc12)c1ccc(-n2cncn2)cc1. The molecule has 1 amide bonds. The van der Waals surface area contributed by atoms with Crippen molar-refractivity contribution < 1.29 is 4.79 Å². The number of rotatable bonds is 5. The van der Waals surface area contributed by atoms with E-state index in [-0.39, 0.29) is 12.3 Å². The average Bonchev–Trinajstić information content (AvgIpc) is 3.37. The molecule has 7 heteroatoms. The van der Waals surface area contributed by atoms with E-state index in [0.29, 0.717) is 0 Å². The lowest BCUT2D eigenvalue weighted by atomic mass is 10.1. The van der Waals surface area contributed by atoms with Gasteiger partial charge in [-0.2, -0.15) is 10.2 Å². The van der Waals surface area contributed by atoms with Gasteiger partial charge in [-0.25, -0.2) is 15.1 Å². The van der Waals surface area contributed by atoms with Gasteiger partial charge in [0.1, 0.15) is 12.7 Å². The molecule has 27 heavy (non-hydrogen) atoms. The molecule has 0 unspecified atom stereocenters. The van der Waals surface area contributed by atoms with E-state index in [1.807, 2.05) is 61.7 Å². The second kappa shape index (κ2) is 7.25. The van der Waals surface area contributed by atoms with Crippen LogP contribution >= 0.6 is 0 Å². The number of amides is 1. The number of carbonyl (C=O) groups is 1. The maximum absolute atomic E-state index is 12.2. The lowest BCUT2D eigenvalue weighted by Crippen LogP contribution is -2.21. The third kappa shape index (κ3) is 3.62. The first-order chi connectivity index (χ1) is 13.2. The number of hydrogen-bond donors (Lipinski definition) is 2. The number of carbonyl (C=O) groups excluding carboxylic acids is 1. The molecule has 0 bridgehead atoms. The van der Waals surface area contributed by atoms with E-state index in [1.54, 1.807) is 11.0 Å². The van der Waals surface area contributed by atoms with Gasteiger partial charge in [0.05, 0.1) is 17.8 Å². The third-order valence-corrected chi connectivity index (χ3v) is 4.34. The Bertz CT molecular complexity index is 1090. The van der Waals surface area contributed by atoms with E-state index in [2.05, 4.69) is 25.6 Å². The van der Waals surface area contributed by atoms with Crippen molar-refractivity contribution in [2.75, 3.05) is 0 Å². The molecule has 0 saturated carbocycles. The summed E-state index contributed by atoms with van der Waals surface area (Å²) in [6.07, 6.45) is 5.26. The number of nitrogens with one attached hydrogen (secondary N) is 2. The summed E-state index contributed by atoms with van der Waals surface area (Å²) in [7, 11) is 0. The lowest BCUT2D eigenvalue weighted by molar-refractivity contribution is -0.120. The molecule has 0 aliphatic heterocycles. The Morgan fingerprint density at radius 3 is 2.78 bits per heavy atom. The van der Waals surface area contributed by atoms with Gasteiger partial charge in [-0.15, -0.1) is 0 Å². The molecule has 0 aliphatic rings. The van der Waals surface area contributed by atoms with Crippen molar-refractivity contribution in [1.82, 2.24) is 25.2 Å². The Morgan fingerprint density at radius 1 is 1.19 bits per heavy atom. The van der Waals surface area contributed by atoms with Crippen molar-refractivity contribution in [2.45, 2.75) is 13.3 Å². The van der Waals surface area contributed by atoms with Gasteiger partial charge in [-0.1, -0.05) is 30.3 Å². The highest BCUT2D eigenvalue weighted by Crippen LogP contribution is 2.18. The maximum atomic E-state index is 12.2. The van der Waals surface area contributed by atoms with Crippen LogP contribution in [0.4, 0.5) is 0 Å². The molecule has 0 atom stereocenters. The second-order valence-electron chi connectivity index (χ2n) is 6.16. The Labute approximate surface area is 155 Å². The molecule has 0 saturated heterocycles. The van der Waals surface area contributed by atoms with Crippen LogP contribution in [-0.2, 0) is 11.2 Å². The molecular weight excluding hydrogens is 340 g/mol. The zero-order valence-corrected chi connectivity index (χ0v) is 14.8. The number of hydrogen-bond acceptors (Lipinski definition) is 4. The Balaban J connectivity index is 1.42. The Kier molecular flexibility index (Phi) is 4.49. The summed E-state index contributed by atoms with van der Waals surface area (Å²) in [6.45, 7) is 1.86. The number of H-pyrrole nitrogens is 1. The first-order valence-corrected chi connectivity index (χ1v) is 8.54. The maximum Gasteiger partial charge on any atom is 0.244 e. The summed E-state index contributed by atoms with van der Waals surface area (Å²) in [5, 5.41) is 9.37. The molecule has 2 aromatic carbocycles. The average molecular weight is 358 g/mol. The molecule has 0 aliphatic carbocycles. The van der Waals surface area contributed by atoms with Crippen LogP contribution in [0, 0.1) is 0 Å². The van der Waals surface area contributed by atoms with Gasteiger partial charge < -0.3 is 4.98 Å². The molecule has 2 N–H and O–H groups in total. The molecule has 0 radical (unpaired) electrons. The largest absolute Gasteiger partial charge is 0.361 e. The van der Waals surface area contributed by atoms with Crippen molar-refractivity contribution in [1.29, 1.82) is 0 Å². The van der Waals surface area contributed by atoms with Crippen LogP contribution in [0.5, 0.6) is 0 Å². The predicted octanol–water partition coefficient (Wildman–Crippen LogP) is 2.83. The van der Waals surface area contributed by atoms with Gasteiger partial charge in [0.2, 0.25) is 5.91 Å². The van der Waals surface area contributed by atoms with Crippen LogP contribution in [0.25, 0.3) is 16.6 Å². The van der Waals surface area contributed by atoms with Gasteiger partial charge in [0, 0.05) is 17.1 Å². The van der Waals surface area contributed by atoms with Crippen molar-refractivity contribution >= 4 is 22.5 Å². The van der Waals surface area contributed by atoms with Gasteiger partial charge in [0.15, 0.2) is 0 Å². The van der Waals surface area contributed by atoms with Gasteiger partial charge in [0.25, 0.3) is 0 Å². The number of hydrazone groups is 1. The fraction of sp³-hybridized carbons (Fsp3) is 0.100. The molecule has 0 spiro atoms. The molecule has 134 valence electrons. The van der Waals surface area contributed by atoms with Crippen LogP contribution in [-0.4, -0.2) is 31.4 Å². The van der Waals surface area contributed by atoms with Crippen molar-refractivity contribution in [3.8, 4) is 5.69 Å². The fourth-order valence-electron chi connectivity index (χ4n) is 2.90. The lowest BCUT2D eigenvalue weighted by Gasteiger charge is -2.05. The summed E-state index contributed by atoms with van der Waals surface area (Å²) in [6, 6.07) is 15.6. The normalized spacial score (nSPS) is 11.7. The van der Waals surface area contributed by atoms with Crippen molar-refractivity contribution in [3.05, 3.63) is 78.5 Å². The van der Waals surface area contributed by atoms with E-state index < -0.39 is 0 Å². The van der Waals surface area contributed by atoms with E-state index in [4.69, 9.17) is 0 Å². The monoisotopic (exact) mass is 358 g/mol. The van der Waals surface area contributed by atoms with Crippen LogP contribution in [0.1, 0.15) is 18.1 Å². The number of fused-ring (bicyclic) bond motifs is 1. The first-order valence-electron chi connectivity index (χ1n) is 8.54. The number of aromatic amines is 1. The van der Waals surface area contributed by atoms with Crippen molar-refractivity contribution in [2.24, 2.45) is 5.10 Å². The number of aromatic nitrogens is 4. The second-order valence-corrected chi connectivity index (χ2v) is 6.16. The van der Waals surface area contributed by atoms with Crippen LogP contribution in [0.3, 0.4) is 0 Å². The van der Waals surface area contributed by atoms with Gasteiger partial charge in [-0.05, 0) is 36.2 Å². The van der Waals surface area contributed by atoms with E-state index in [9.17, 15) is 4.79 Å². The highest BCUT2D eigenvalue weighted by molar-refractivity contribution is 5.99. The minimum Gasteiger partial charge on any atom is -0.361 e. The quantitative estimate of drug-likeness (QED) is 0.425. The molecule has 2 heterocycles. The van der Waals surface area contributed by atoms with E-state index in [1.165, 1.54) is 6.33 Å². The summed E-state index contributed by atoms with van der Waals surface area (Å²) in [5.74, 6) is -0.154. The molecule has 7 nitrogen and oxygen atoms in total. The summed E-state index contributed by atoms with van der Waals surface area (Å²) < 4.78 is 1.68. The smallest absolute Gasteiger partial charge is 0.244 e. The van der Waals surface area contributed by atoms with E-state index >= 15 is 0 Å². The first kappa shape index (κ1) is 16.7. The number of benzene rings is 2. The molecule has 4 aromatic rings. The topological polar surface area (TPSA) is 88.0 Å². The summed E-state index contributed by atoms with van der Waals surface area (Å²) in [4.78, 5) is 19.4. The van der Waals surface area contributed by atoms with Crippen LogP contribution in [0.2, 0.25) is 0 Å². The Morgan fingerprint density at radius 2 is 2.00 bits per heavy atom. The highest BCUT2D eigenvalue weighted by Gasteiger charge is 2.08. The molecular formula is C20H18N6O. The minimum absolute atomic E-state index is 0.154. The molecule has 2 aromatic heterocycles. The van der Waals surface area contributed by atoms with E-state index in [0.717, 1.165) is 33.4 Å². The molecule has 0 fully saturated rings. The van der Waals surface area contributed by atoms with Crippen LogP contribution in [0.15, 0.2) is 72.5 Å². The number of para-hydroxylation sites is 1. The van der Waals surface area contributed by atoms with Gasteiger partial charge in [-0.3, -0.25) is 4.79 Å².